The molecule has 1 aromatic carbocycles. The van der Waals surface area contributed by atoms with Gasteiger partial charge in [0.25, 0.3) is 0 Å². The van der Waals surface area contributed by atoms with Crippen molar-refractivity contribution in [2.45, 2.75) is 6.92 Å². The maximum atomic E-state index is 11.1. The lowest BCUT2D eigenvalue weighted by Crippen LogP contribution is -2.15. The highest BCUT2D eigenvalue weighted by Gasteiger charge is 2.07. The van der Waals surface area contributed by atoms with E-state index in [2.05, 4.69) is 10.1 Å². The first-order valence-electron chi connectivity index (χ1n) is 5.65. The quantitative estimate of drug-likeness (QED) is 0.783. The fourth-order valence-electron chi connectivity index (χ4n) is 1.36. The second-order valence-electron chi connectivity index (χ2n) is 3.54. The Morgan fingerprint density at radius 2 is 2.11 bits per heavy atom. The van der Waals surface area contributed by atoms with Gasteiger partial charge in [-0.15, -0.1) is 5.10 Å². The molecule has 100 valence electrons. The Morgan fingerprint density at radius 1 is 1.37 bits per heavy atom. The van der Waals surface area contributed by atoms with E-state index in [1.807, 2.05) is 0 Å². The lowest BCUT2D eigenvalue weighted by Gasteiger charge is -2.01. The lowest BCUT2D eigenvalue weighted by molar-refractivity contribution is -0.145. The second-order valence-corrected chi connectivity index (χ2v) is 3.98. The molecule has 2 aromatic rings. The molecule has 0 N–H and O–H groups in total. The molecule has 0 fully saturated rings. The summed E-state index contributed by atoms with van der Waals surface area (Å²) in [4.78, 5) is 15.0. The van der Waals surface area contributed by atoms with E-state index in [0.29, 0.717) is 11.6 Å². The monoisotopic (exact) mass is 281 g/mol. The van der Waals surface area contributed by atoms with Crippen molar-refractivity contribution in [1.82, 2.24) is 14.8 Å². The zero-order valence-corrected chi connectivity index (χ0v) is 11.0. The van der Waals surface area contributed by atoms with Crippen molar-refractivity contribution >= 4 is 17.6 Å². The number of rotatable bonds is 5. The molecule has 19 heavy (non-hydrogen) atoms. The molecule has 0 aliphatic heterocycles. The van der Waals surface area contributed by atoms with Crippen LogP contribution in [-0.4, -0.2) is 33.9 Å². The van der Waals surface area contributed by atoms with Gasteiger partial charge in [-0.1, -0.05) is 11.6 Å². The van der Waals surface area contributed by atoms with Crippen molar-refractivity contribution in [3.63, 3.8) is 0 Å². The molecule has 6 nitrogen and oxygen atoms in total. The fraction of sp³-hybridized carbons (Fsp3) is 0.250. The maximum absolute atomic E-state index is 11.1. The number of benzene rings is 1. The molecule has 0 atom stereocenters. The van der Waals surface area contributed by atoms with Gasteiger partial charge in [-0.2, -0.15) is 4.98 Å². The summed E-state index contributed by atoms with van der Waals surface area (Å²) >= 11 is 5.80. The first-order chi connectivity index (χ1) is 9.19. The normalized spacial score (nSPS) is 10.2. The van der Waals surface area contributed by atoms with Crippen LogP contribution in [0.4, 0.5) is 0 Å². The van der Waals surface area contributed by atoms with E-state index in [-0.39, 0.29) is 12.6 Å². The van der Waals surface area contributed by atoms with Crippen LogP contribution in [0.2, 0.25) is 5.02 Å². The minimum atomic E-state index is -0.453. The zero-order chi connectivity index (χ0) is 13.7. The molecule has 0 saturated carbocycles. The molecule has 0 aliphatic carbocycles. The van der Waals surface area contributed by atoms with Crippen LogP contribution >= 0.6 is 11.6 Å². The highest BCUT2D eigenvalue weighted by atomic mass is 35.5. The lowest BCUT2D eigenvalue weighted by atomic mass is 10.3. The van der Waals surface area contributed by atoms with Crippen molar-refractivity contribution < 1.29 is 14.3 Å². The van der Waals surface area contributed by atoms with E-state index in [1.54, 1.807) is 31.2 Å². The van der Waals surface area contributed by atoms with Crippen LogP contribution < -0.4 is 4.74 Å². The van der Waals surface area contributed by atoms with Gasteiger partial charge in [-0.25, -0.2) is 9.48 Å². The van der Waals surface area contributed by atoms with E-state index >= 15 is 0 Å². The fourth-order valence-corrected chi connectivity index (χ4v) is 1.48. The summed E-state index contributed by atoms with van der Waals surface area (Å²) in [6.07, 6.45) is 1.49. The van der Waals surface area contributed by atoms with Crippen molar-refractivity contribution in [3.8, 4) is 11.7 Å². The third-order valence-corrected chi connectivity index (χ3v) is 2.44. The molecule has 1 aromatic heterocycles. The van der Waals surface area contributed by atoms with Gasteiger partial charge in [0.15, 0.2) is 6.61 Å². The van der Waals surface area contributed by atoms with Crippen LogP contribution in [-0.2, 0) is 9.53 Å². The van der Waals surface area contributed by atoms with Crippen LogP contribution in [0.25, 0.3) is 5.69 Å². The van der Waals surface area contributed by atoms with Gasteiger partial charge < -0.3 is 9.47 Å². The van der Waals surface area contributed by atoms with Gasteiger partial charge in [0.2, 0.25) is 0 Å². The minimum Gasteiger partial charge on any atom is -0.463 e. The summed E-state index contributed by atoms with van der Waals surface area (Å²) < 4.78 is 11.4. The average Bonchev–Trinajstić information content (AvgIpc) is 2.86. The van der Waals surface area contributed by atoms with Crippen LogP contribution in [0.15, 0.2) is 30.6 Å². The number of nitrogens with zero attached hydrogens (tertiary/aromatic N) is 3. The number of esters is 1. The molecule has 0 unspecified atom stereocenters. The van der Waals surface area contributed by atoms with Crippen molar-refractivity contribution in [2.24, 2.45) is 0 Å². The van der Waals surface area contributed by atoms with Crippen molar-refractivity contribution in [1.29, 1.82) is 0 Å². The van der Waals surface area contributed by atoms with E-state index < -0.39 is 5.97 Å². The molecular weight excluding hydrogens is 270 g/mol. The van der Waals surface area contributed by atoms with Gasteiger partial charge in [-0.3, -0.25) is 0 Å². The Balaban J connectivity index is 1.99. The third kappa shape index (κ3) is 3.69. The number of hydrogen-bond acceptors (Lipinski definition) is 5. The molecule has 2 rings (SSSR count). The van der Waals surface area contributed by atoms with Crippen LogP contribution in [0, 0.1) is 0 Å². The third-order valence-electron chi connectivity index (χ3n) is 2.19. The Bertz CT molecular complexity index is 554. The Morgan fingerprint density at radius 3 is 2.79 bits per heavy atom. The standard InChI is InChI=1S/C12H12ClN3O3/c1-2-18-11(17)7-19-12-14-8-16(15-12)10-5-3-9(13)4-6-10/h3-6,8H,2,7H2,1H3. The molecule has 0 spiro atoms. The molecule has 0 radical (unpaired) electrons. The van der Waals surface area contributed by atoms with Gasteiger partial charge >= 0.3 is 12.0 Å². The van der Waals surface area contributed by atoms with Gasteiger partial charge in [0, 0.05) is 5.02 Å². The molecule has 0 saturated heterocycles. The predicted molar refractivity (Wildman–Crippen MR) is 68.5 cm³/mol. The summed E-state index contributed by atoms with van der Waals surface area (Å²) in [5.74, 6) is -0.453. The topological polar surface area (TPSA) is 66.2 Å². The first kappa shape index (κ1) is 13.4. The summed E-state index contributed by atoms with van der Waals surface area (Å²) in [6, 6.07) is 7.20. The Labute approximate surface area is 114 Å². The number of carbonyl (C=O) groups is 1. The predicted octanol–water partition coefficient (Wildman–Crippen LogP) is 1.86. The Kier molecular flexibility index (Phi) is 4.35. The highest BCUT2D eigenvalue weighted by Crippen LogP contribution is 2.13. The summed E-state index contributed by atoms with van der Waals surface area (Å²) in [5.41, 5.74) is 0.794. The van der Waals surface area contributed by atoms with Gasteiger partial charge in [-0.05, 0) is 31.2 Å². The molecule has 0 amide bonds. The summed E-state index contributed by atoms with van der Waals surface area (Å²) in [7, 11) is 0. The number of aromatic nitrogens is 3. The van der Waals surface area contributed by atoms with E-state index in [9.17, 15) is 4.79 Å². The molecule has 1 heterocycles. The van der Waals surface area contributed by atoms with Crippen LogP contribution in [0.3, 0.4) is 0 Å². The van der Waals surface area contributed by atoms with E-state index in [1.165, 1.54) is 11.0 Å². The molecule has 0 aliphatic rings. The molecule has 0 bridgehead atoms. The Hall–Kier alpha value is -2.08. The van der Waals surface area contributed by atoms with Gasteiger partial charge in [0.05, 0.1) is 12.3 Å². The first-order valence-corrected chi connectivity index (χ1v) is 6.03. The number of carbonyl (C=O) groups excluding carboxylic acids is 1. The van der Waals surface area contributed by atoms with Crippen LogP contribution in [0.5, 0.6) is 6.01 Å². The zero-order valence-electron chi connectivity index (χ0n) is 10.2. The van der Waals surface area contributed by atoms with E-state index in [4.69, 9.17) is 21.1 Å². The smallest absolute Gasteiger partial charge is 0.344 e. The average molecular weight is 282 g/mol. The molecule has 7 heteroatoms. The highest BCUT2D eigenvalue weighted by molar-refractivity contribution is 6.30. The minimum absolute atomic E-state index is 0.114. The number of halogens is 1. The second kappa shape index (κ2) is 6.19. The van der Waals surface area contributed by atoms with Crippen molar-refractivity contribution in [2.75, 3.05) is 13.2 Å². The largest absolute Gasteiger partial charge is 0.463 e. The molecular formula is C12H12ClN3O3. The summed E-state index contributed by atoms with van der Waals surface area (Å²) in [5, 5.41) is 4.72. The number of hydrogen-bond donors (Lipinski definition) is 0. The SMILES string of the molecule is CCOC(=O)COc1ncn(-c2ccc(Cl)cc2)n1. The van der Waals surface area contributed by atoms with Gasteiger partial charge in [0.1, 0.15) is 6.33 Å². The van der Waals surface area contributed by atoms with Crippen molar-refractivity contribution in [3.05, 3.63) is 35.6 Å². The van der Waals surface area contributed by atoms with E-state index in [0.717, 1.165) is 5.69 Å². The maximum Gasteiger partial charge on any atom is 0.344 e. The number of ether oxygens (including phenoxy) is 2. The summed E-state index contributed by atoms with van der Waals surface area (Å²) in [6.45, 7) is 1.83. The van der Waals surface area contributed by atoms with Crippen LogP contribution in [0.1, 0.15) is 6.92 Å².